The third-order valence-electron chi connectivity index (χ3n) is 9.51. The van der Waals surface area contributed by atoms with E-state index in [1.807, 2.05) is 54.0 Å². The van der Waals surface area contributed by atoms with Crippen LogP contribution in [0.15, 0.2) is 59.9 Å². The highest BCUT2D eigenvalue weighted by Gasteiger charge is 2.32. The van der Waals surface area contributed by atoms with Gasteiger partial charge in [0, 0.05) is 70.5 Å². The number of anilines is 1. The predicted molar refractivity (Wildman–Crippen MR) is 222 cm³/mol. The lowest BCUT2D eigenvalue weighted by Crippen LogP contribution is -2.29. The molecule has 294 valence electrons. The summed E-state index contributed by atoms with van der Waals surface area (Å²) in [5.41, 5.74) is 7.71. The summed E-state index contributed by atoms with van der Waals surface area (Å²) in [4.78, 5) is 40.1. The Balaban J connectivity index is 0.00000532. The molecule has 0 radical (unpaired) electrons. The van der Waals surface area contributed by atoms with Crippen LogP contribution in [-0.2, 0) is 36.6 Å². The molecule has 0 spiro atoms. The van der Waals surface area contributed by atoms with Crippen molar-refractivity contribution in [1.29, 1.82) is 0 Å². The Morgan fingerprint density at radius 1 is 0.875 bits per heavy atom. The van der Waals surface area contributed by atoms with Crippen molar-refractivity contribution in [2.75, 3.05) is 58.0 Å². The third-order valence-corrected chi connectivity index (χ3v) is 11.0. The van der Waals surface area contributed by atoms with Gasteiger partial charge in [0.05, 0.1) is 57.5 Å². The molecule has 0 fully saturated rings. The first kappa shape index (κ1) is 41.1. The molecule has 0 bridgehead atoms. The van der Waals surface area contributed by atoms with Crippen molar-refractivity contribution in [2.45, 2.75) is 46.1 Å². The van der Waals surface area contributed by atoms with Crippen LogP contribution in [0, 0.1) is 20.8 Å². The van der Waals surface area contributed by atoms with Gasteiger partial charge in [-0.25, -0.2) is 4.98 Å². The van der Waals surface area contributed by atoms with Crippen LogP contribution in [0.2, 0.25) is 5.02 Å². The summed E-state index contributed by atoms with van der Waals surface area (Å²) in [6, 6.07) is 13.0. The maximum absolute atomic E-state index is 13.2. The number of aliphatic imine (C=N–C) groups is 1. The molecule has 1 atom stereocenters. The first-order valence-corrected chi connectivity index (χ1v) is 19.5. The van der Waals surface area contributed by atoms with Gasteiger partial charge in [-0.1, -0.05) is 23.7 Å². The highest BCUT2D eigenvalue weighted by Crippen LogP contribution is 2.39. The van der Waals surface area contributed by atoms with E-state index in [1.54, 1.807) is 23.7 Å². The van der Waals surface area contributed by atoms with Crippen LogP contribution < -0.4 is 10.6 Å². The SMILES string of the molecule is Cc1sc2c(c1C)C(c1ccc(Cl)cc1)=N[C@@H](CC(=O)NCCOCCOCCOCCNc1ccc(-c3cnc4c(c3)CC(=O)C4)cn1)c1nnc(C)n1-2.S. The Bertz CT molecular complexity index is 2190. The first-order valence-electron chi connectivity index (χ1n) is 18.3. The quantitative estimate of drug-likeness (QED) is 0.112. The zero-order valence-corrected chi connectivity index (χ0v) is 34.1. The predicted octanol–water partition coefficient (Wildman–Crippen LogP) is 5.71. The Morgan fingerprint density at radius 2 is 1.57 bits per heavy atom. The van der Waals surface area contributed by atoms with E-state index >= 15 is 0 Å². The molecule has 2 aliphatic rings. The number of ketones is 1. The number of thiophene rings is 1. The second-order valence-electron chi connectivity index (χ2n) is 13.4. The normalized spacial score (nSPS) is 14.3. The van der Waals surface area contributed by atoms with Crippen LogP contribution >= 0.6 is 36.4 Å². The Hall–Kier alpha value is -4.51. The van der Waals surface area contributed by atoms with Crippen molar-refractivity contribution < 1.29 is 23.8 Å². The Morgan fingerprint density at radius 3 is 2.30 bits per heavy atom. The maximum Gasteiger partial charge on any atom is 0.222 e. The minimum Gasteiger partial charge on any atom is -0.377 e. The molecule has 13 nitrogen and oxygen atoms in total. The first-order chi connectivity index (χ1) is 26.7. The topological polar surface area (TPSA) is 155 Å². The number of nitrogens with one attached hydrogen (secondary N) is 2. The number of hydrogen-bond acceptors (Lipinski definition) is 12. The molecule has 5 aromatic rings. The molecule has 16 heteroatoms. The van der Waals surface area contributed by atoms with Crippen LogP contribution in [-0.4, -0.2) is 94.9 Å². The lowest BCUT2D eigenvalue weighted by molar-refractivity contribution is -0.121. The van der Waals surface area contributed by atoms with Gasteiger partial charge >= 0.3 is 0 Å². The van der Waals surface area contributed by atoms with Crippen LogP contribution in [0.25, 0.3) is 16.1 Å². The van der Waals surface area contributed by atoms with Gasteiger partial charge < -0.3 is 24.8 Å². The number of aromatic nitrogens is 5. The number of aryl methyl sites for hydroxylation is 2. The van der Waals surface area contributed by atoms with Gasteiger partial charge in [-0.2, -0.15) is 13.5 Å². The Labute approximate surface area is 341 Å². The summed E-state index contributed by atoms with van der Waals surface area (Å²) in [6.45, 7) is 9.67. The molecule has 2 N–H and O–H groups in total. The molecule has 7 rings (SSSR count). The van der Waals surface area contributed by atoms with Crippen molar-refractivity contribution in [2.24, 2.45) is 4.99 Å². The van der Waals surface area contributed by atoms with Crippen molar-refractivity contribution in [3.05, 3.63) is 104 Å². The maximum atomic E-state index is 13.2. The fraction of sp³-hybridized carbons (Fsp3) is 0.375. The fourth-order valence-electron chi connectivity index (χ4n) is 6.58. The lowest BCUT2D eigenvalue weighted by atomic mass is 9.99. The van der Waals surface area contributed by atoms with Gasteiger partial charge in [-0.3, -0.25) is 24.1 Å². The summed E-state index contributed by atoms with van der Waals surface area (Å²) in [7, 11) is 0. The van der Waals surface area contributed by atoms with Gasteiger partial charge in [0.25, 0.3) is 0 Å². The minimum absolute atomic E-state index is 0. The largest absolute Gasteiger partial charge is 0.377 e. The molecule has 5 heterocycles. The summed E-state index contributed by atoms with van der Waals surface area (Å²) >= 11 is 7.89. The van der Waals surface area contributed by atoms with Gasteiger partial charge in [-0.15, -0.1) is 21.5 Å². The number of carbonyl (C=O) groups is 2. The molecule has 0 saturated carbocycles. The molecular formula is C40H45ClN8O5S2. The smallest absolute Gasteiger partial charge is 0.222 e. The van der Waals surface area contributed by atoms with Crippen molar-refractivity contribution >= 4 is 59.7 Å². The van der Waals surface area contributed by atoms with Crippen LogP contribution in [0.3, 0.4) is 0 Å². The average molecular weight is 817 g/mol. The number of fused-ring (bicyclic) bond motifs is 4. The van der Waals surface area contributed by atoms with Crippen molar-refractivity contribution in [3.8, 4) is 16.1 Å². The van der Waals surface area contributed by atoms with Crippen LogP contribution in [0.5, 0.6) is 0 Å². The molecule has 56 heavy (non-hydrogen) atoms. The van der Waals surface area contributed by atoms with E-state index in [0.29, 0.717) is 76.4 Å². The van der Waals surface area contributed by atoms with Crippen molar-refractivity contribution in [1.82, 2.24) is 30.0 Å². The summed E-state index contributed by atoms with van der Waals surface area (Å²) in [6.07, 6.45) is 4.60. The van der Waals surface area contributed by atoms with Crippen LogP contribution in [0.4, 0.5) is 5.82 Å². The number of ether oxygens (including phenoxy) is 3. The van der Waals surface area contributed by atoms with E-state index < -0.39 is 6.04 Å². The van der Waals surface area contributed by atoms with Gasteiger partial charge in [-0.05, 0) is 62.2 Å². The summed E-state index contributed by atoms with van der Waals surface area (Å²) in [5.74, 6) is 2.20. The lowest BCUT2D eigenvalue weighted by Gasteiger charge is -2.13. The molecule has 1 aliphatic heterocycles. The number of benzene rings is 1. The number of Topliss-reactive ketones (excluding diaryl/α,β-unsaturated/α-hetero) is 1. The van der Waals surface area contributed by atoms with Gasteiger partial charge in [0.15, 0.2) is 5.82 Å². The monoisotopic (exact) mass is 816 g/mol. The van der Waals surface area contributed by atoms with E-state index in [-0.39, 0.29) is 31.6 Å². The van der Waals surface area contributed by atoms with E-state index in [4.69, 9.17) is 30.8 Å². The zero-order valence-electron chi connectivity index (χ0n) is 31.6. The number of carbonyl (C=O) groups excluding carboxylic acids is 2. The van der Waals surface area contributed by atoms with Gasteiger partial charge in [0.2, 0.25) is 5.91 Å². The second kappa shape index (κ2) is 19.1. The number of amides is 1. The highest BCUT2D eigenvalue weighted by molar-refractivity contribution is 7.59. The van der Waals surface area contributed by atoms with Crippen LogP contribution in [0.1, 0.15) is 56.9 Å². The summed E-state index contributed by atoms with van der Waals surface area (Å²) in [5, 5.41) is 16.7. The number of hydrogen-bond donors (Lipinski definition) is 2. The third kappa shape index (κ3) is 9.71. The molecule has 1 amide bonds. The highest BCUT2D eigenvalue weighted by atomic mass is 35.5. The minimum atomic E-state index is -0.532. The number of pyridine rings is 2. The Kier molecular flexibility index (Phi) is 14.0. The average Bonchev–Trinajstić information content (AvgIpc) is 3.82. The fourth-order valence-corrected chi connectivity index (χ4v) is 7.92. The van der Waals surface area contributed by atoms with E-state index in [0.717, 1.165) is 61.4 Å². The molecule has 0 unspecified atom stereocenters. The molecule has 0 saturated heterocycles. The standard InChI is InChI=1S/C40H43ClN8O5S.H2S/c1-24-25(2)55-40-37(24)38(27-4-7-31(41)8-5-27)46-34(39-48-47-26(3)49(39)40)21-36(51)43-11-13-53-15-17-54-16-14-52-12-10-42-35-9-6-28(22-45-35)30-18-29-19-32(50)20-33(29)44-23-30;/h4-9,18,22-23,34H,10-17,19-21H2,1-3H3,(H,42,45)(H,43,51);1H2/t34-;/m0./s1. The van der Waals surface area contributed by atoms with E-state index in [9.17, 15) is 9.59 Å². The molecule has 1 aromatic carbocycles. The number of halogens is 1. The van der Waals surface area contributed by atoms with Crippen molar-refractivity contribution in [3.63, 3.8) is 0 Å². The second-order valence-corrected chi connectivity index (χ2v) is 15.0. The summed E-state index contributed by atoms with van der Waals surface area (Å²) < 4.78 is 19.0. The van der Waals surface area contributed by atoms with E-state index in [1.165, 1.54) is 4.88 Å². The molecule has 1 aliphatic carbocycles. The van der Waals surface area contributed by atoms with E-state index in [2.05, 4.69) is 44.6 Å². The number of rotatable bonds is 17. The van der Waals surface area contributed by atoms with Gasteiger partial charge in [0.1, 0.15) is 28.5 Å². The molecular weight excluding hydrogens is 772 g/mol. The number of nitrogens with zero attached hydrogens (tertiary/aromatic N) is 6. The molecule has 4 aromatic heterocycles. The zero-order chi connectivity index (χ0) is 38.3.